The predicted octanol–water partition coefficient (Wildman–Crippen LogP) is 4.21. The second kappa shape index (κ2) is 4.81. The zero-order chi connectivity index (χ0) is 14.4. The summed E-state index contributed by atoms with van der Waals surface area (Å²) in [5.74, 6) is -0.468. The Kier molecular flexibility index (Phi) is 3.77. The number of hydrogen-bond acceptors (Lipinski definition) is 2. The molecule has 0 spiro atoms. The molecule has 1 atom stereocenters. The van der Waals surface area contributed by atoms with Gasteiger partial charge in [-0.15, -0.1) is 0 Å². The van der Waals surface area contributed by atoms with Gasteiger partial charge in [0.1, 0.15) is 5.82 Å². The smallest absolute Gasteiger partial charge is 0.169 e. The van der Waals surface area contributed by atoms with Gasteiger partial charge in [0.2, 0.25) is 0 Å². The van der Waals surface area contributed by atoms with Gasteiger partial charge in [0.15, 0.2) is 5.78 Å². The average molecular weight is 376 g/mol. The fourth-order valence-corrected chi connectivity index (χ4v) is 3.59. The number of Topliss-reactive ketones (excluding diaryl/α,β-unsaturated/α-hetero) is 1. The van der Waals surface area contributed by atoms with Gasteiger partial charge in [-0.1, -0.05) is 0 Å². The Morgan fingerprint density at radius 2 is 2.00 bits per heavy atom. The highest BCUT2D eigenvalue weighted by Gasteiger charge is 2.49. The Morgan fingerprint density at radius 3 is 2.47 bits per heavy atom. The lowest BCUT2D eigenvalue weighted by molar-refractivity contribution is -0.0712. The van der Waals surface area contributed by atoms with Gasteiger partial charge in [0.05, 0.1) is 17.1 Å². The van der Waals surface area contributed by atoms with Gasteiger partial charge in [0, 0.05) is 9.13 Å². The molecule has 0 radical (unpaired) electrons. The van der Waals surface area contributed by atoms with Gasteiger partial charge in [-0.3, -0.25) is 4.79 Å². The van der Waals surface area contributed by atoms with E-state index in [4.69, 9.17) is 4.74 Å². The van der Waals surface area contributed by atoms with Crippen LogP contribution in [-0.4, -0.2) is 17.0 Å². The van der Waals surface area contributed by atoms with Crippen molar-refractivity contribution in [1.29, 1.82) is 0 Å². The summed E-state index contributed by atoms with van der Waals surface area (Å²) in [6.07, 6.45) is 0.687. The molecule has 104 valence electrons. The van der Waals surface area contributed by atoms with Crippen molar-refractivity contribution in [2.24, 2.45) is 5.92 Å². The highest BCUT2D eigenvalue weighted by Crippen LogP contribution is 2.43. The molecule has 1 fully saturated rings. The first-order valence-corrected chi connectivity index (χ1v) is 7.40. The maximum Gasteiger partial charge on any atom is 0.169 e. The molecule has 0 aromatic heterocycles. The van der Waals surface area contributed by atoms with Crippen molar-refractivity contribution in [3.63, 3.8) is 0 Å². The van der Waals surface area contributed by atoms with Crippen molar-refractivity contribution in [3.05, 3.63) is 33.1 Å². The average Bonchev–Trinajstić information content (AvgIpc) is 2.45. The molecule has 1 aliphatic rings. The summed E-state index contributed by atoms with van der Waals surface area (Å²) in [4.78, 5) is 12.7. The summed E-state index contributed by atoms with van der Waals surface area (Å²) in [5, 5.41) is 0. The standard InChI is InChI=1S/C15H18FIO2/c1-14(2)8-11(15(3,4)19-14)13(18)10-6-5-9(16)7-12(10)17/h5-7,11H,8H2,1-4H3. The molecule has 4 heteroatoms. The van der Waals surface area contributed by atoms with E-state index < -0.39 is 5.60 Å². The second-order valence-electron chi connectivity index (χ2n) is 6.21. The Balaban J connectivity index is 2.34. The first-order valence-electron chi connectivity index (χ1n) is 6.32. The van der Waals surface area contributed by atoms with Gasteiger partial charge in [-0.2, -0.15) is 0 Å². The quantitative estimate of drug-likeness (QED) is 0.571. The molecule has 19 heavy (non-hydrogen) atoms. The minimum atomic E-state index is -0.488. The van der Waals surface area contributed by atoms with E-state index in [1.54, 1.807) is 6.07 Å². The topological polar surface area (TPSA) is 26.3 Å². The second-order valence-corrected chi connectivity index (χ2v) is 7.37. The van der Waals surface area contributed by atoms with E-state index >= 15 is 0 Å². The lowest BCUT2D eigenvalue weighted by Gasteiger charge is -2.26. The Bertz CT molecular complexity index is 523. The number of carbonyl (C=O) groups excluding carboxylic acids is 1. The SMILES string of the molecule is CC1(C)CC(C(=O)c2ccc(F)cc2I)C(C)(C)O1. The van der Waals surface area contributed by atoms with E-state index in [-0.39, 0.29) is 23.1 Å². The van der Waals surface area contributed by atoms with Crippen LogP contribution in [-0.2, 0) is 4.74 Å². The largest absolute Gasteiger partial charge is 0.369 e. The number of rotatable bonds is 2. The van der Waals surface area contributed by atoms with E-state index in [2.05, 4.69) is 0 Å². The zero-order valence-electron chi connectivity index (χ0n) is 11.6. The fourth-order valence-electron chi connectivity index (χ4n) is 2.85. The molecular formula is C15H18FIO2. The number of ether oxygens (including phenoxy) is 1. The minimum Gasteiger partial charge on any atom is -0.369 e. The molecule has 1 aromatic carbocycles. The van der Waals surface area contributed by atoms with Crippen LogP contribution in [0.3, 0.4) is 0 Å². The molecule has 2 rings (SSSR count). The number of carbonyl (C=O) groups is 1. The van der Waals surface area contributed by atoms with Crippen LogP contribution in [0.25, 0.3) is 0 Å². The molecule has 0 amide bonds. The van der Waals surface area contributed by atoms with Crippen LogP contribution in [0, 0.1) is 15.3 Å². The van der Waals surface area contributed by atoms with E-state index in [0.717, 1.165) is 0 Å². The van der Waals surface area contributed by atoms with Gasteiger partial charge in [0.25, 0.3) is 0 Å². The van der Waals surface area contributed by atoms with Gasteiger partial charge in [-0.05, 0) is 74.9 Å². The number of hydrogen-bond donors (Lipinski definition) is 0. The summed E-state index contributed by atoms with van der Waals surface area (Å²) in [7, 11) is 0. The van der Waals surface area contributed by atoms with Crippen LogP contribution in [0.4, 0.5) is 4.39 Å². The first-order chi connectivity index (χ1) is 8.62. The summed E-state index contributed by atoms with van der Waals surface area (Å²) >= 11 is 2.01. The van der Waals surface area contributed by atoms with Crippen molar-refractivity contribution in [3.8, 4) is 0 Å². The molecule has 1 saturated heterocycles. The monoisotopic (exact) mass is 376 g/mol. The maximum absolute atomic E-state index is 13.1. The van der Waals surface area contributed by atoms with E-state index in [1.807, 2.05) is 50.3 Å². The van der Waals surface area contributed by atoms with E-state index in [1.165, 1.54) is 12.1 Å². The summed E-state index contributed by atoms with van der Waals surface area (Å²) < 4.78 is 19.7. The Hall–Kier alpha value is -0.490. The molecule has 0 aliphatic carbocycles. The number of ketones is 1. The van der Waals surface area contributed by atoms with E-state index in [9.17, 15) is 9.18 Å². The summed E-state index contributed by atoms with van der Waals surface area (Å²) in [5.41, 5.74) is -0.200. The summed E-state index contributed by atoms with van der Waals surface area (Å²) in [6, 6.07) is 4.30. The highest BCUT2D eigenvalue weighted by atomic mass is 127. The van der Waals surface area contributed by atoms with Crippen LogP contribution in [0.5, 0.6) is 0 Å². The van der Waals surface area contributed by atoms with Crippen LogP contribution in [0.1, 0.15) is 44.5 Å². The van der Waals surface area contributed by atoms with Crippen molar-refractivity contribution >= 4 is 28.4 Å². The lowest BCUT2D eigenvalue weighted by atomic mass is 9.82. The lowest BCUT2D eigenvalue weighted by Crippen LogP contribution is -2.34. The third-order valence-electron chi connectivity index (χ3n) is 3.59. The molecule has 1 heterocycles. The van der Waals surface area contributed by atoms with Crippen LogP contribution >= 0.6 is 22.6 Å². The Labute approximate surface area is 126 Å². The molecule has 1 unspecified atom stereocenters. The first kappa shape index (κ1) is 14.9. The van der Waals surface area contributed by atoms with Crippen LogP contribution in [0.2, 0.25) is 0 Å². The van der Waals surface area contributed by atoms with Crippen molar-refractivity contribution in [2.45, 2.75) is 45.3 Å². The molecule has 0 saturated carbocycles. The zero-order valence-corrected chi connectivity index (χ0v) is 13.7. The van der Waals surface area contributed by atoms with Gasteiger partial charge < -0.3 is 4.74 Å². The van der Waals surface area contributed by atoms with Gasteiger partial charge in [-0.25, -0.2) is 4.39 Å². The van der Waals surface area contributed by atoms with Gasteiger partial charge >= 0.3 is 0 Å². The van der Waals surface area contributed by atoms with Crippen LogP contribution < -0.4 is 0 Å². The normalized spacial score (nSPS) is 24.4. The van der Waals surface area contributed by atoms with Crippen molar-refractivity contribution in [1.82, 2.24) is 0 Å². The third kappa shape index (κ3) is 2.99. The summed E-state index contributed by atoms with van der Waals surface area (Å²) in [6.45, 7) is 7.89. The third-order valence-corrected chi connectivity index (χ3v) is 4.48. The van der Waals surface area contributed by atoms with Crippen LogP contribution in [0.15, 0.2) is 18.2 Å². The minimum absolute atomic E-state index is 0.0416. The molecule has 1 aromatic rings. The highest BCUT2D eigenvalue weighted by molar-refractivity contribution is 14.1. The van der Waals surface area contributed by atoms with Crippen molar-refractivity contribution < 1.29 is 13.9 Å². The predicted molar refractivity (Wildman–Crippen MR) is 80.8 cm³/mol. The fraction of sp³-hybridized carbons (Fsp3) is 0.533. The van der Waals surface area contributed by atoms with Crippen molar-refractivity contribution in [2.75, 3.05) is 0 Å². The number of benzene rings is 1. The molecule has 0 bridgehead atoms. The molecule has 2 nitrogen and oxygen atoms in total. The molecular weight excluding hydrogens is 358 g/mol. The molecule has 1 aliphatic heterocycles. The Morgan fingerprint density at radius 1 is 1.37 bits per heavy atom. The molecule has 0 N–H and O–H groups in total. The maximum atomic E-state index is 13.1. The number of halogens is 2. The van der Waals surface area contributed by atoms with E-state index in [0.29, 0.717) is 15.6 Å².